The fourth-order valence-electron chi connectivity index (χ4n) is 3.43. The van der Waals surface area contributed by atoms with Gasteiger partial charge in [0.25, 0.3) is 17.4 Å². The smallest absolute Gasteiger partial charge is 0.335 e. The number of aromatic nitrogens is 2. The summed E-state index contributed by atoms with van der Waals surface area (Å²) in [7, 11) is 0. The number of rotatable bonds is 5. The van der Waals surface area contributed by atoms with Crippen LogP contribution in [0.25, 0.3) is 4.96 Å². The van der Waals surface area contributed by atoms with E-state index in [0.29, 0.717) is 11.4 Å². The van der Waals surface area contributed by atoms with E-state index in [1.807, 2.05) is 19.9 Å². The third-order valence-electron chi connectivity index (χ3n) is 5.29. The summed E-state index contributed by atoms with van der Waals surface area (Å²) in [6.45, 7) is 5.43. The van der Waals surface area contributed by atoms with E-state index in [-0.39, 0.29) is 26.8 Å². The number of amides is 2. The summed E-state index contributed by atoms with van der Waals surface area (Å²) in [4.78, 5) is 55.1. The van der Waals surface area contributed by atoms with Crippen LogP contribution >= 0.6 is 11.3 Å². The van der Waals surface area contributed by atoms with E-state index in [1.165, 1.54) is 30.3 Å². The van der Waals surface area contributed by atoms with Gasteiger partial charge in [0.2, 0.25) is 0 Å². The van der Waals surface area contributed by atoms with Crippen LogP contribution in [0.15, 0.2) is 53.3 Å². The summed E-state index contributed by atoms with van der Waals surface area (Å²) in [6.07, 6.45) is 0. The molecule has 10 heteroatoms. The maximum atomic E-state index is 13.3. The Bertz CT molecular complexity index is 1540. The second-order valence-electron chi connectivity index (χ2n) is 7.68. The Labute approximate surface area is 197 Å². The zero-order valence-electron chi connectivity index (χ0n) is 18.5. The van der Waals surface area contributed by atoms with Crippen LogP contribution in [-0.2, 0) is 0 Å². The highest BCUT2D eigenvalue weighted by atomic mass is 32.1. The molecule has 0 aliphatic carbocycles. The number of carbonyl (C=O) groups excluding carboxylic acids is 2. The molecule has 0 spiro atoms. The molecule has 9 nitrogen and oxygen atoms in total. The van der Waals surface area contributed by atoms with Gasteiger partial charge < -0.3 is 15.7 Å². The number of aryl methyl sites for hydroxylation is 2. The molecule has 34 heavy (non-hydrogen) atoms. The second kappa shape index (κ2) is 8.91. The number of thiazole rings is 1. The molecule has 3 N–H and O–H groups in total. The number of carboxylic acid groups (broad SMARTS) is 1. The zero-order valence-corrected chi connectivity index (χ0v) is 19.3. The van der Waals surface area contributed by atoms with Crippen LogP contribution in [0.1, 0.15) is 47.3 Å². The molecule has 0 aliphatic heterocycles. The Hall–Kier alpha value is -4.31. The molecule has 2 heterocycles. The van der Waals surface area contributed by atoms with Crippen LogP contribution < -0.4 is 16.2 Å². The standard InChI is InChI=1S/C24H20N4O5S/c1-12-6-4-9-17(14(12)3)27-22(31)20-19(28-18(29)10-13(2)25-24(28)34-20)21(30)26-16-8-5-7-15(11-16)23(32)33/h4-11H,1-3H3,(H,26,30)(H,27,31)(H,32,33). The lowest BCUT2D eigenvalue weighted by molar-refractivity contribution is 0.0696. The monoisotopic (exact) mass is 476 g/mol. The molecule has 0 radical (unpaired) electrons. The van der Waals surface area contributed by atoms with Crippen LogP contribution in [0, 0.1) is 20.8 Å². The quantitative estimate of drug-likeness (QED) is 0.401. The van der Waals surface area contributed by atoms with Gasteiger partial charge in [-0.05, 0) is 56.2 Å². The summed E-state index contributed by atoms with van der Waals surface area (Å²) >= 11 is 0.921. The molecule has 0 bridgehead atoms. The molecular weight excluding hydrogens is 456 g/mol. The first-order valence-corrected chi connectivity index (χ1v) is 11.0. The van der Waals surface area contributed by atoms with Crippen molar-refractivity contribution in [1.29, 1.82) is 0 Å². The highest BCUT2D eigenvalue weighted by Crippen LogP contribution is 2.25. The van der Waals surface area contributed by atoms with Gasteiger partial charge in [-0.15, -0.1) is 0 Å². The number of fused-ring (bicyclic) bond motifs is 1. The molecular formula is C24H20N4O5S. The summed E-state index contributed by atoms with van der Waals surface area (Å²) < 4.78 is 1.09. The minimum Gasteiger partial charge on any atom is -0.478 e. The molecule has 0 fully saturated rings. The van der Waals surface area contributed by atoms with E-state index in [9.17, 15) is 24.3 Å². The van der Waals surface area contributed by atoms with Crippen LogP contribution in [-0.4, -0.2) is 32.3 Å². The maximum Gasteiger partial charge on any atom is 0.335 e. The van der Waals surface area contributed by atoms with Crippen molar-refractivity contribution in [2.24, 2.45) is 0 Å². The lowest BCUT2D eigenvalue weighted by Crippen LogP contribution is -2.25. The summed E-state index contributed by atoms with van der Waals surface area (Å²) in [6, 6.07) is 12.4. The molecule has 172 valence electrons. The third kappa shape index (κ3) is 4.30. The fraction of sp³-hybridized carbons (Fsp3) is 0.125. The van der Waals surface area contributed by atoms with Crippen LogP contribution in [0.3, 0.4) is 0 Å². The zero-order chi connectivity index (χ0) is 24.6. The Morgan fingerprint density at radius 2 is 1.71 bits per heavy atom. The van der Waals surface area contributed by atoms with Gasteiger partial charge in [0.15, 0.2) is 4.96 Å². The number of anilines is 2. The molecule has 4 rings (SSSR count). The molecule has 0 aliphatic rings. The minimum absolute atomic E-state index is 0.00277. The van der Waals surface area contributed by atoms with Crippen molar-refractivity contribution in [1.82, 2.24) is 9.38 Å². The molecule has 2 aromatic carbocycles. The van der Waals surface area contributed by atoms with Gasteiger partial charge in [-0.2, -0.15) is 0 Å². The van der Waals surface area contributed by atoms with E-state index in [2.05, 4.69) is 15.6 Å². The predicted octanol–water partition coefficient (Wildman–Crippen LogP) is 3.88. The Balaban J connectivity index is 1.80. The lowest BCUT2D eigenvalue weighted by atomic mass is 10.1. The summed E-state index contributed by atoms with van der Waals surface area (Å²) in [5.41, 5.74) is 2.40. The van der Waals surface area contributed by atoms with Crippen molar-refractivity contribution < 1.29 is 19.5 Å². The van der Waals surface area contributed by atoms with Crippen molar-refractivity contribution in [3.63, 3.8) is 0 Å². The van der Waals surface area contributed by atoms with Gasteiger partial charge in [-0.3, -0.25) is 14.4 Å². The number of hydrogen-bond donors (Lipinski definition) is 3. The van der Waals surface area contributed by atoms with Crippen molar-refractivity contribution in [2.75, 3.05) is 10.6 Å². The first-order chi connectivity index (χ1) is 16.2. The van der Waals surface area contributed by atoms with Crippen LogP contribution in [0.4, 0.5) is 11.4 Å². The SMILES string of the molecule is Cc1cc(=O)n2c(C(=O)Nc3cccc(C(=O)O)c3)c(C(=O)Nc3cccc(C)c3C)sc2n1. The predicted molar refractivity (Wildman–Crippen MR) is 129 cm³/mol. The van der Waals surface area contributed by atoms with Gasteiger partial charge in [0.05, 0.1) is 5.56 Å². The van der Waals surface area contributed by atoms with Gasteiger partial charge in [-0.1, -0.05) is 29.5 Å². The van der Waals surface area contributed by atoms with Crippen molar-refractivity contribution in [3.8, 4) is 0 Å². The molecule has 0 atom stereocenters. The van der Waals surface area contributed by atoms with E-state index >= 15 is 0 Å². The first kappa shape index (κ1) is 22.9. The number of carboxylic acids is 1. The molecule has 2 amide bonds. The van der Waals surface area contributed by atoms with E-state index in [0.717, 1.165) is 26.9 Å². The van der Waals surface area contributed by atoms with Crippen LogP contribution in [0.2, 0.25) is 0 Å². The summed E-state index contributed by atoms with van der Waals surface area (Å²) in [5, 5.41) is 14.6. The Kier molecular flexibility index (Phi) is 5.99. The summed E-state index contributed by atoms with van der Waals surface area (Å²) in [5.74, 6) is -2.46. The van der Waals surface area contributed by atoms with Gasteiger partial charge in [0.1, 0.15) is 10.6 Å². The van der Waals surface area contributed by atoms with Crippen molar-refractivity contribution in [3.05, 3.63) is 91.8 Å². The van der Waals surface area contributed by atoms with Gasteiger partial charge >= 0.3 is 5.97 Å². The average molecular weight is 477 g/mol. The number of carbonyl (C=O) groups is 3. The van der Waals surface area contributed by atoms with Crippen molar-refractivity contribution in [2.45, 2.75) is 20.8 Å². The second-order valence-corrected chi connectivity index (χ2v) is 8.65. The lowest BCUT2D eigenvalue weighted by Gasteiger charge is -2.11. The number of aromatic carboxylic acids is 1. The van der Waals surface area contributed by atoms with E-state index < -0.39 is 23.3 Å². The highest BCUT2D eigenvalue weighted by molar-refractivity contribution is 7.19. The number of nitrogens with zero attached hydrogens (tertiary/aromatic N) is 2. The topological polar surface area (TPSA) is 130 Å². The van der Waals surface area contributed by atoms with Crippen molar-refractivity contribution >= 4 is 45.5 Å². The van der Waals surface area contributed by atoms with E-state index in [4.69, 9.17) is 0 Å². The minimum atomic E-state index is -1.15. The third-order valence-corrected chi connectivity index (χ3v) is 6.33. The number of nitrogens with one attached hydrogen (secondary N) is 2. The largest absolute Gasteiger partial charge is 0.478 e. The molecule has 2 aromatic heterocycles. The van der Waals surface area contributed by atoms with E-state index in [1.54, 1.807) is 19.1 Å². The molecule has 0 saturated carbocycles. The average Bonchev–Trinajstić information content (AvgIpc) is 3.17. The van der Waals surface area contributed by atoms with Crippen LogP contribution in [0.5, 0.6) is 0 Å². The fourth-order valence-corrected chi connectivity index (χ4v) is 4.50. The van der Waals surface area contributed by atoms with Gasteiger partial charge in [0, 0.05) is 23.1 Å². The molecule has 4 aromatic rings. The Morgan fingerprint density at radius 1 is 0.971 bits per heavy atom. The normalized spacial score (nSPS) is 10.8. The first-order valence-electron chi connectivity index (χ1n) is 10.2. The number of hydrogen-bond acceptors (Lipinski definition) is 6. The molecule has 0 unspecified atom stereocenters. The highest BCUT2D eigenvalue weighted by Gasteiger charge is 2.26. The maximum absolute atomic E-state index is 13.3. The molecule has 0 saturated heterocycles. The Morgan fingerprint density at radius 3 is 2.44 bits per heavy atom. The van der Waals surface area contributed by atoms with Gasteiger partial charge in [-0.25, -0.2) is 14.2 Å². The number of benzene rings is 2.